The number of hydrogen-bond donors (Lipinski definition) is 0. The smallest absolute Gasteiger partial charge is 0.193 e. The molecule has 26 valence electrons. The first-order valence-corrected chi connectivity index (χ1v) is 1.76. The van der Waals surface area contributed by atoms with Crippen LogP contribution in [-0.4, -0.2) is 6.29 Å². The van der Waals surface area contributed by atoms with E-state index in [1.807, 2.05) is 0 Å². The van der Waals surface area contributed by atoms with Crippen molar-refractivity contribution < 1.29 is 4.79 Å². The molecule has 0 unspecified atom stereocenters. The van der Waals surface area contributed by atoms with Crippen molar-refractivity contribution in [2.24, 2.45) is 0 Å². The van der Waals surface area contributed by atoms with Crippen molar-refractivity contribution in [1.82, 2.24) is 0 Å². The minimum atomic E-state index is 0.523. The third kappa shape index (κ3) is 3.71. The standard InChI is InChI=1S/C3HBrO/c4-2-1-3-5/h3H. The summed E-state index contributed by atoms with van der Waals surface area (Å²) in [7, 11) is 0. The molecule has 0 aliphatic carbocycles. The van der Waals surface area contributed by atoms with Gasteiger partial charge in [0.05, 0.1) is 0 Å². The molecular weight excluding hydrogens is 132 g/mol. The Balaban J connectivity index is 3.16. The Labute approximate surface area is 38.5 Å². The molecule has 0 heterocycles. The van der Waals surface area contributed by atoms with Crippen molar-refractivity contribution in [3.05, 3.63) is 0 Å². The zero-order chi connectivity index (χ0) is 4.12. The van der Waals surface area contributed by atoms with Gasteiger partial charge in [-0.2, -0.15) is 0 Å². The van der Waals surface area contributed by atoms with Crippen molar-refractivity contribution >= 4 is 22.2 Å². The van der Waals surface area contributed by atoms with Gasteiger partial charge >= 0.3 is 0 Å². The van der Waals surface area contributed by atoms with Gasteiger partial charge in [0.1, 0.15) is 0 Å². The van der Waals surface area contributed by atoms with E-state index in [1.54, 1.807) is 0 Å². The predicted octanol–water partition coefficient (Wildman–Crippen LogP) is 0.541. The van der Waals surface area contributed by atoms with E-state index >= 15 is 0 Å². The summed E-state index contributed by atoms with van der Waals surface area (Å²) >= 11 is 2.72. The summed E-state index contributed by atoms with van der Waals surface area (Å²) in [6, 6.07) is 0. The summed E-state index contributed by atoms with van der Waals surface area (Å²) < 4.78 is 0. The van der Waals surface area contributed by atoms with Crippen LogP contribution in [0, 0.1) is 10.8 Å². The number of hydrogen-bond acceptors (Lipinski definition) is 1. The van der Waals surface area contributed by atoms with Crippen molar-refractivity contribution in [3.8, 4) is 10.8 Å². The minimum Gasteiger partial charge on any atom is -0.289 e. The second kappa shape index (κ2) is 3.71. The van der Waals surface area contributed by atoms with Crippen LogP contribution in [0.25, 0.3) is 0 Å². The van der Waals surface area contributed by atoms with Crippen LogP contribution in [0.4, 0.5) is 0 Å². The first-order chi connectivity index (χ1) is 2.41. The van der Waals surface area contributed by atoms with Crippen LogP contribution in [-0.2, 0) is 4.79 Å². The van der Waals surface area contributed by atoms with Gasteiger partial charge in [-0.15, -0.1) is 0 Å². The Morgan fingerprint density at radius 2 is 2.40 bits per heavy atom. The molecule has 0 fully saturated rings. The van der Waals surface area contributed by atoms with E-state index in [1.165, 1.54) is 0 Å². The van der Waals surface area contributed by atoms with E-state index in [-0.39, 0.29) is 0 Å². The van der Waals surface area contributed by atoms with Gasteiger partial charge in [0, 0.05) is 15.9 Å². The van der Waals surface area contributed by atoms with Crippen LogP contribution in [0.5, 0.6) is 0 Å². The average Bonchev–Trinajstić information content (AvgIpc) is 1.41. The van der Waals surface area contributed by atoms with E-state index in [2.05, 4.69) is 26.7 Å². The first kappa shape index (κ1) is 4.71. The fourth-order valence-corrected chi connectivity index (χ4v) is 0.116. The summed E-state index contributed by atoms with van der Waals surface area (Å²) in [6.07, 6.45) is 0.523. The van der Waals surface area contributed by atoms with Gasteiger partial charge in [-0.3, -0.25) is 4.79 Å². The highest BCUT2D eigenvalue weighted by Gasteiger charge is 1.45. The zero-order valence-corrected chi connectivity index (χ0v) is 3.95. The summed E-state index contributed by atoms with van der Waals surface area (Å²) in [5.41, 5.74) is 0. The van der Waals surface area contributed by atoms with Gasteiger partial charge in [-0.1, -0.05) is 0 Å². The molecule has 2 heteroatoms. The van der Waals surface area contributed by atoms with Crippen molar-refractivity contribution in [3.63, 3.8) is 0 Å². The maximum Gasteiger partial charge on any atom is 0.193 e. The molecule has 0 radical (unpaired) electrons. The molecule has 0 spiro atoms. The normalized spacial score (nSPS) is 4.20. The lowest BCUT2D eigenvalue weighted by Crippen LogP contribution is -1.49. The van der Waals surface area contributed by atoms with E-state index in [0.717, 1.165) is 0 Å². The molecule has 0 atom stereocenters. The largest absolute Gasteiger partial charge is 0.289 e. The second-order valence-electron chi connectivity index (χ2n) is 0.357. The Morgan fingerprint density at radius 3 is 2.40 bits per heavy atom. The molecule has 5 heavy (non-hydrogen) atoms. The third-order valence-corrected chi connectivity index (χ3v) is 0.342. The quantitative estimate of drug-likeness (QED) is 0.348. The molecule has 0 aromatic carbocycles. The van der Waals surface area contributed by atoms with Gasteiger partial charge in [0.25, 0.3) is 0 Å². The van der Waals surface area contributed by atoms with Crippen LogP contribution >= 0.6 is 15.9 Å². The number of rotatable bonds is 0. The first-order valence-electron chi connectivity index (χ1n) is 0.963. The highest BCUT2D eigenvalue weighted by molar-refractivity contribution is 9.12. The molecule has 0 rings (SSSR count). The van der Waals surface area contributed by atoms with Gasteiger partial charge in [0.15, 0.2) is 6.29 Å². The molecule has 0 bridgehead atoms. The van der Waals surface area contributed by atoms with Crippen LogP contribution in [0.1, 0.15) is 0 Å². The number of aldehydes is 1. The summed E-state index contributed by atoms with van der Waals surface area (Å²) in [5, 5.41) is 0. The summed E-state index contributed by atoms with van der Waals surface area (Å²) in [4.78, 5) is 11.4. The SMILES string of the molecule is O=CC#CBr. The molecule has 0 amide bonds. The van der Waals surface area contributed by atoms with E-state index in [0.29, 0.717) is 6.29 Å². The Morgan fingerprint density at radius 1 is 1.80 bits per heavy atom. The topological polar surface area (TPSA) is 17.1 Å². The number of carbonyl (C=O) groups excluding carboxylic acids is 1. The van der Waals surface area contributed by atoms with Crippen LogP contribution in [0.3, 0.4) is 0 Å². The molecule has 1 nitrogen and oxygen atoms in total. The Hall–Kier alpha value is -0.290. The Bertz CT molecular complexity index is 76.6. The summed E-state index contributed by atoms with van der Waals surface area (Å²) in [6.45, 7) is 0. The van der Waals surface area contributed by atoms with E-state index < -0.39 is 0 Å². The molecule has 0 saturated heterocycles. The van der Waals surface area contributed by atoms with Crippen molar-refractivity contribution in [1.29, 1.82) is 0 Å². The highest BCUT2D eigenvalue weighted by Crippen LogP contribution is 1.62. The van der Waals surface area contributed by atoms with E-state index in [4.69, 9.17) is 0 Å². The fourth-order valence-electron chi connectivity index (χ4n) is 0.0223. The van der Waals surface area contributed by atoms with Crippen LogP contribution < -0.4 is 0 Å². The molecule has 0 aromatic rings. The molecule has 0 aliphatic heterocycles. The van der Waals surface area contributed by atoms with Crippen LogP contribution in [0.2, 0.25) is 0 Å². The summed E-state index contributed by atoms with van der Waals surface area (Å²) in [5.74, 6) is 2.10. The van der Waals surface area contributed by atoms with Crippen molar-refractivity contribution in [2.45, 2.75) is 0 Å². The number of halogens is 1. The monoisotopic (exact) mass is 132 g/mol. The molecule has 0 aliphatic rings. The van der Waals surface area contributed by atoms with Gasteiger partial charge < -0.3 is 0 Å². The Kier molecular flexibility index (Phi) is 3.49. The highest BCUT2D eigenvalue weighted by atomic mass is 79.9. The van der Waals surface area contributed by atoms with Crippen LogP contribution in [0.15, 0.2) is 0 Å². The second-order valence-corrected chi connectivity index (χ2v) is 0.753. The van der Waals surface area contributed by atoms with E-state index in [9.17, 15) is 4.79 Å². The third-order valence-electron chi connectivity index (χ3n) is 0.113. The maximum absolute atomic E-state index is 9.20. The number of carbonyl (C=O) groups is 1. The lowest BCUT2D eigenvalue weighted by atomic mass is 10.8. The van der Waals surface area contributed by atoms with Crippen molar-refractivity contribution in [2.75, 3.05) is 0 Å². The molecule has 0 saturated carbocycles. The average molecular weight is 133 g/mol. The molecular formula is C3HBrO. The van der Waals surface area contributed by atoms with Gasteiger partial charge in [-0.25, -0.2) is 0 Å². The van der Waals surface area contributed by atoms with Gasteiger partial charge in [0.2, 0.25) is 0 Å². The van der Waals surface area contributed by atoms with Gasteiger partial charge in [-0.05, 0) is 10.8 Å². The maximum atomic E-state index is 9.20. The minimum absolute atomic E-state index is 0.523. The molecule has 0 aromatic heterocycles. The lowest BCUT2D eigenvalue weighted by Gasteiger charge is -1.40. The lowest BCUT2D eigenvalue weighted by molar-refractivity contribution is -0.103. The predicted molar refractivity (Wildman–Crippen MR) is 22.8 cm³/mol. The molecule has 0 N–H and O–H groups in total. The fraction of sp³-hybridized carbons (Fsp3) is 0. The zero-order valence-electron chi connectivity index (χ0n) is 2.36.